The number of nitrogens with zero attached hydrogens (tertiary/aromatic N) is 2. The molecule has 0 unspecified atom stereocenters. The highest BCUT2D eigenvalue weighted by Crippen LogP contribution is 2.33. The van der Waals surface area contributed by atoms with Crippen molar-refractivity contribution in [3.05, 3.63) is 23.8 Å². The monoisotopic (exact) mass is 563 g/mol. The van der Waals surface area contributed by atoms with Gasteiger partial charge in [0.25, 0.3) is 0 Å². The zero-order chi connectivity index (χ0) is 22.7. The molecule has 1 fully saturated rings. The number of rotatable bonds is 11. The lowest BCUT2D eigenvalue weighted by Crippen LogP contribution is -2.47. The van der Waals surface area contributed by atoms with E-state index in [2.05, 4.69) is 37.1 Å². The molecule has 0 saturated carbocycles. The van der Waals surface area contributed by atoms with Crippen molar-refractivity contribution in [3.63, 3.8) is 0 Å². The van der Waals surface area contributed by atoms with Gasteiger partial charge in [-0.05, 0) is 43.9 Å². The van der Waals surface area contributed by atoms with Gasteiger partial charge < -0.3 is 29.2 Å². The summed E-state index contributed by atoms with van der Waals surface area (Å²) < 4.78 is 21.9. The van der Waals surface area contributed by atoms with Crippen LogP contribution in [0.25, 0.3) is 0 Å². The molecule has 32 heavy (non-hydrogen) atoms. The van der Waals surface area contributed by atoms with E-state index in [9.17, 15) is 0 Å². The molecule has 1 aromatic carbocycles. The molecule has 0 radical (unpaired) electrons. The zero-order valence-electron chi connectivity index (χ0n) is 20.6. The van der Waals surface area contributed by atoms with Crippen molar-refractivity contribution in [2.75, 3.05) is 60.7 Å². The molecule has 1 N–H and O–H groups in total. The quantitative estimate of drug-likeness (QED) is 0.190. The van der Waals surface area contributed by atoms with Gasteiger partial charge in [0, 0.05) is 45.4 Å². The van der Waals surface area contributed by atoms with Crippen LogP contribution in [0, 0.1) is 0 Å². The van der Waals surface area contributed by atoms with Crippen LogP contribution < -0.4 is 14.8 Å². The van der Waals surface area contributed by atoms with Crippen LogP contribution in [0.2, 0.25) is 0 Å². The summed E-state index contributed by atoms with van der Waals surface area (Å²) in [6, 6.07) is 6.10. The number of methoxy groups -OCH3 is 3. The Kier molecular flexibility index (Phi) is 13.3. The summed E-state index contributed by atoms with van der Waals surface area (Å²) in [5, 5.41) is 3.47. The largest absolute Gasteiger partial charge is 0.493 e. The Labute approximate surface area is 211 Å². The summed E-state index contributed by atoms with van der Waals surface area (Å²) in [5.74, 6) is 2.47. The van der Waals surface area contributed by atoms with E-state index in [4.69, 9.17) is 23.9 Å². The van der Waals surface area contributed by atoms with E-state index in [1.165, 1.54) is 5.56 Å². The van der Waals surface area contributed by atoms with E-state index >= 15 is 0 Å². The van der Waals surface area contributed by atoms with Gasteiger partial charge in [-0.1, -0.05) is 19.9 Å². The second kappa shape index (κ2) is 14.8. The SMILES string of the molecule is CCNC(=NCC(C)(C)c1ccc(OC)c(OC)c1)N1CCC(OCCCOC)CC1.I. The van der Waals surface area contributed by atoms with Gasteiger partial charge in [0.1, 0.15) is 0 Å². The number of ether oxygens (including phenoxy) is 4. The highest BCUT2D eigenvalue weighted by molar-refractivity contribution is 14.0. The van der Waals surface area contributed by atoms with Crippen molar-refractivity contribution in [1.82, 2.24) is 10.2 Å². The van der Waals surface area contributed by atoms with E-state index in [1.54, 1.807) is 21.3 Å². The molecule has 0 atom stereocenters. The molecule has 0 aliphatic carbocycles. The second-order valence-electron chi connectivity index (χ2n) is 8.53. The molecule has 0 spiro atoms. The van der Waals surface area contributed by atoms with Crippen LogP contribution in [0.3, 0.4) is 0 Å². The topological polar surface area (TPSA) is 64.6 Å². The summed E-state index contributed by atoms with van der Waals surface area (Å²) in [5.41, 5.74) is 1.04. The first kappa shape index (κ1) is 28.8. The fourth-order valence-electron chi connectivity index (χ4n) is 3.73. The third kappa shape index (κ3) is 8.59. The van der Waals surface area contributed by atoms with Crippen LogP contribution in [0.15, 0.2) is 23.2 Å². The van der Waals surface area contributed by atoms with Gasteiger partial charge in [-0.3, -0.25) is 4.99 Å². The Morgan fingerprint density at radius 1 is 1.09 bits per heavy atom. The maximum Gasteiger partial charge on any atom is 0.193 e. The van der Waals surface area contributed by atoms with Crippen LogP contribution in [0.1, 0.15) is 45.6 Å². The number of benzene rings is 1. The van der Waals surface area contributed by atoms with Gasteiger partial charge >= 0.3 is 0 Å². The third-order valence-electron chi connectivity index (χ3n) is 5.71. The highest BCUT2D eigenvalue weighted by atomic mass is 127. The van der Waals surface area contributed by atoms with Gasteiger partial charge in [-0.2, -0.15) is 0 Å². The Balaban J connectivity index is 0.00000512. The lowest BCUT2D eigenvalue weighted by Gasteiger charge is -2.35. The first-order valence-electron chi connectivity index (χ1n) is 11.3. The fourth-order valence-corrected chi connectivity index (χ4v) is 3.73. The van der Waals surface area contributed by atoms with Crippen molar-refractivity contribution in [1.29, 1.82) is 0 Å². The second-order valence-corrected chi connectivity index (χ2v) is 8.53. The Hall–Kier alpha value is -1.26. The Morgan fingerprint density at radius 2 is 1.78 bits per heavy atom. The smallest absolute Gasteiger partial charge is 0.193 e. The molecule has 1 aliphatic heterocycles. The molecule has 184 valence electrons. The minimum atomic E-state index is -0.136. The van der Waals surface area contributed by atoms with Crippen molar-refractivity contribution in [3.8, 4) is 11.5 Å². The van der Waals surface area contributed by atoms with Crippen molar-refractivity contribution >= 4 is 29.9 Å². The van der Waals surface area contributed by atoms with Crippen LogP contribution in [-0.2, 0) is 14.9 Å². The van der Waals surface area contributed by atoms with E-state index in [0.29, 0.717) is 12.6 Å². The van der Waals surface area contributed by atoms with Crippen molar-refractivity contribution in [2.24, 2.45) is 4.99 Å². The molecule has 1 saturated heterocycles. The predicted octanol–water partition coefficient (Wildman–Crippen LogP) is 4.08. The molecular weight excluding hydrogens is 521 g/mol. The normalized spacial score (nSPS) is 15.3. The van der Waals surface area contributed by atoms with Crippen molar-refractivity contribution < 1.29 is 18.9 Å². The van der Waals surface area contributed by atoms with Crippen LogP contribution in [-0.4, -0.2) is 77.7 Å². The molecule has 1 aromatic rings. The first-order chi connectivity index (χ1) is 14.9. The molecule has 1 aliphatic rings. The van der Waals surface area contributed by atoms with Gasteiger partial charge in [0.2, 0.25) is 0 Å². The predicted molar refractivity (Wildman–Crippen MR) is 141 cm³/mol. The summed E-state index contributed by atoms with van der Waals surface area (Å²) in [7, 11) is 5.05. The van der Waals surface area contributed by atoms with Crippen molar-refractivity contribution in [2.45, 2.75) is 51.6 Å². The lowest BCUT2D eigenvalue weighted by molar-refractivity contribution is 0.00989. The number of guanidine groups is 1. The van der Waals surface area contributed by atoms with Crippen LogP contribution >= 0.6 is 24.0 Å². The molecule has 1 heterocycles. The van der Waals surface area contributed by atoms with E-state index in [1.807, 2.05) is 12.1 Å². The summed E-state index contributed by atoms with van der Waals surface area (Å²) in [4.78, 5) is 7.35. The molecule has 0 amide bonds. The fraction of sp³-hybridized carbons (Fsp3) is 0.708. The molecule has 0 bridgehead atoms. The summed E-state index contributed by atoms with van der Waals surface area (Å²) in [6.07, 6.45) is 3.33. The molecule has 8 heteroatoms. The minimum absolute atomic E-state index is 0. The number of aliphatic imine (C=N–C) groups is 1. The average molecular weight is 564 g/mol. The first-order valence-corrected chi connectivity index (χ1v) is 11.3. The molecular formula is C24H42IN3O4. The Morgan fingerprint density at radius 3 is 2.38 bits per heavy atom. The maximum atomic E-state index is 6.00. The van der Waals surface area contributed by atoms with Gasteiger partial charge in [0.05, 0.1) is 26.9 Å². The third-order valence-corrected chi connectivity index (χ3v) is 5.71. The number of halogens is 1. The lowest BCUT2D eigenvalue weighted by atomic mass is 9.84. The number of hydrogen-bond acceptors (Lipinski definition) is 5. The minimum Gasteiger partial charge on any atom is -0.493 e. The maximum absolute atomic E-state index is 6.00. The van der Waals surface area contributed by atoms with Gasteiger partial charge in [-0.15, -0.1) is 24.0 Å². The average Bonchev–Trinajstić information content (AvgIpc) is 2.79. The summed E-state index contributed by atoms with van der Waals surface area (Å²) >= 11 is 0. The van der Waals surface area contributed by atoms with Gasteiger partial charge in [0.15, 0.2) is 17.5 Å². The molecule has 2 rings (SSSR count). The highest BCUT2D eigenvalue weighted by Gasteiger charge is 2.25. The van der Waals surface area contributed by atoms with Gasteiger partial charge in [-0.25, -0.2) is 0 Å². The Bertz CT molecular complexity index is 692. The summed E-state index contributed by atoms with van der Waals surface area (Å²) in [6.45, 7) is 11.5. The molecule has 7 nitrogen and oxygen atoms in total. The van der Waals surface area contributed by atoms with E-state index in [0.717, 1.165) is 69.6 Å². The molecule has 0 aromatic heterocycles. The van der Waals surface area contributed by atoms with Crippen LogP contribution in [0.4, 0.5) is 0 Å². The number of hydrogen-bond donors (Lipinski definition) is 1. The number of piperidine rings is 1. The standard InChI is InChI=1S/C24H41N3O4.HI/c1-7-25-23(27-13-11-20(12-14-27)31-16-8-15-28-4)26-18-24(2,3)19-9-10-21(29-5)22(17-19)30-6;/h9-10,17,20H,7-8,11-16,18H2,1-6H3,(H,25,26);1H. The number of nitrogens with one attached hydrogen (secondary N) is 1. The van der Waals surface area contributed by atoms with E-state index in [-0.39, 0.29) is 29.4 Å². The zero-order valence-corrected chi connectivity index (χ0v) is 22.9. The van der Waals surface area contributed by atoms with E-state index < -0.39 is 0 Å². The number of likely N-dealkylation sites (tertiary alicyclic amines) is 1. The van der Waals surface area contributed by atoms with Crippen LogP contribution in [0.5, 0.6) is 11.5 Å².